The summed E-state index contributed by atoms with van der Waals surface area (Å²) in [6.45, 7) is 1.87. The van der Waals surface area contributed by atoms with E-state index in [0.717, 1.165) is 17.7 Å². The monoisotopic (exact) mass is 239 g/mol. The molecule has 0 aromatic heterocycles. The topological polar surface area (TPSA) is 53.7 Å². The molecule has 1 aromatic carbocycles. The number of hydrogen-bond acceptors (Lipinski definition) is 4. The second-order valence-electron chi connectivity index (χ2n) is 3.77. The van der Waals surface area contributed by atoms with Crippen LogP contribution in [0.25, 0.3) is 0 Å². The molecule has 1 unspecified atom stereocenters. The third kappa shape index (κ3) is 4.73. The van der Waals surface area contributed by atoms with Crippen LogP contribution in [-0.2, 0) is 9.47 Å². The number of ether oxygens (including phenoxy) is 3. The highest BCUT2D eigenvalue weighted by atomic mass is 16.5. The first kappa shape index (κ1) is 14.0. The van der Waals surface area contributed by atoms with E-state index < -0.39 is 0 Å². The van der Waals surface area contributed by atoms with Gasteiger partial charge in [-0.2, -0.15) is 0 Å². The molecule has 4 nitrogen and oxygen atoms in total. The van der Waals surface area contributed by atoms with Gasteiger partial charge in [0.1, 0.15) is 5.75 Å². The zero-order valence-electron chi connectivity index (χ0n) is 10.5. The van der Waals surface area contributed by atoms with Gasteiger partial charge in [-0.15, -0.1) is 0 Å². The van der Waals surface area contributed by atoms with Gasteiger partial charge < -0.3 is 19.9 Å². The predicted molar refractivity (Wildman–Crippen MR) is 67.2 cm³/mol. The molecule has 0 bridgehead atoms. The van der Waals surface area contributed by atoms with Crippen LogP contribution in [0, 0.1) is 0 Å². The quantitative estimate of drug-likeness (QED) is 0.702. The Hall–Kier alpha value is -1.10. The molecular weight excluding hydrogens is 218 g/mol. The van der Waals surface area contributed by atoms with Crippen molar-refractivity contribution in [1.82, 2.24) is 0 Å². The lowest BCUT2D eigenvalue weighted by Crippen LogP contribution is -2.18. The lowest BCUT2D eigenvalue weighted by Gasteiger charge is -2.15. The van der Waals surface area contributed by atoms with E-state index in [4.69, 9.17) is 19.9 Å². The van der Waals surface area contributed by atoms with Crippen LogP contribution in [0.1, 0.15) is 18.0 Å². The van der Waals surface area contributed by atoms with Crippen LogP contribution in [-0.4, -0.2) is 34.0 Å². The fourth-order valence-corrected chi connectivity index (χ4v) is 1.58. The molecule has 1 rings (SSSR count). The predicted octanol–water partition coefficient (Wildman–Crippen LogP) is 1.75. The summed E-state index contributed by atoms with van der Waals surface area (Å²) in [7, 11) is 3.32. The van der Waals surface area contributed by atoms with Crippen LogP contribution in [0.3, 0.4) is 0 Å². The zero-order chi connectivity index (χ0) is 12.5. The number of benzene rings is 1. The van der Waals surface area contributed by atoms with Crippen molar-refractivity contribution in [1.29, 1.82) is 0 Å². The normalized spacial score (nSPS) is 12.4. The van der Waals surface area contributed by atoms with Crippen molar-refractivity contribution >= 4 is 0 Å². The van der Waals surface area contributed by atoms with E-state index in [1.54, 1.807) is 14.2 Å². The smallest absolute Gasteiger partial charge is 0.123 e. The Morgan fingerprint density at radius 2 is 1.94 bits per heavy atom. The summed E-state index contributed by atoms with van der Waals surface area (Å²) in [5.41, 5.74) is 7.02. The van der Waals surface area contributed by atoms with Crippen molar-refractivity contribution in [2.45, 2.75) is 12.5 Å². The van der Waals surface area contributed by atoms with E-state index in [1.807, 2.05) is 24.3 Å². The summed E-state index contributed by atoms with van der Waals surface area (Å²) in [5.74, 6) is 0.806. The highest BCUT2D eigenvalue weighted by Gasteiger charge is 2.10. The Kier molecular flexibility index (Phi) is 6.62. The van der Waals surface area contributed by atoms with Gasteiger partial charge in [0, 0.05) is 25.9 Å². The summed E-state index contributed by atoms with van der Waals surface area (Å²) in [4.78, 5) is 0. The Labute approximate surface area is 103 Å². The highest BCUT2D eigenvalue weighted by Crippen LogP contribution is 2.23. The van der Waals surface area contributed by atoms with Crippen molar-refractivity contribution in [3.8, 4) is 5.75 Å². The molecule has 0 saturated carbocycles. The number of nitrogens with two attached hydrogens (primary N) is 1. The first-order chi connectivity index (χ1) is 8.29. The van der Waals surface area contributed by atoms with Gasteiger partial charge >= 0.3 is 0 Å². The molecule has 0 aliphatic carbocycles. The highest BCUT2D eigenvalue weighted by molar-refractivity contribution is 5.35. The van der Waals surface area contributed by atoms with Crippen LogP contribution in [0.2, 0.25) is 0 Å². The van der Waals surface area contributed by atoms with E-state index >= 15 is 0 Å². The largest absolute Gasteiger partial charge is 0.496 e. The van der Waals surface area contributed by atoms with Crippen LogP contribution in [0.5, 0.6) is 5.75 Å². The number of hydrogen-bond donors (Lipinski definition) is 1. The molecule has 96 valence electrons. The molecular formula is C13H21NO3. The molecule has 4 heteroatoms. The van der Waals surface area contributed by atoms with Crippen molar-refractivity contribution in [2.75, 3.05) is 34.0 Å². The lowest BCUT2D eigenvalue weighted by molar-refractivity contribution is 0.0936. The van der Waals surface area contributed by atoms with Gasteiger partial charge in [0.15, 0.2) is 0 Å². The molecule has 0 aliphatic rings. The fourth-order valence-electron chi connectivity index (χ4n) is 1.58. The second kappa shape index (κ2) is 8.06. The Balaban J connectivity index is 2.38. The zero-order valence-corrected chi connectivity index (χ0v) is 10.5. The molecule has 0 heterocycles. The minimum Gasteiger partial charge on any atom is -0.496 e. The van der Waals surface area contributed by atoms with Crippen LogP contribution in [0.4, 0.5) is 0 Å². The van der Waals surface area contributed by atoms with E-state index in [-0.39, 0.29) is 6.04 Å². The first-order valence-corrected chi connectivity index (χ1v) is 5.74. The maximum absolute atomic E-state index is 6.05. The minimum atomic E-state index is -0.159. The molecule has 17 heavy (non-hydrogen) atoms. The maximum Gasteiger partial charge on any atom is 0.123 e. The fraction of sp³-hybridized carbons (Fsp3) is 0.538. The van der Waals surface area contributed by atoms with Crippen LogP contribution >= 0.6 is 0 Å². The number of para-hydroxylation sites is 1. The second-order valence-corrected chi connectivity index (χ2v) is 3.77. The van der Waals surface area contributed by atoms with Gasteiger partial charge in [-0.05, 0) is 12.5 Å². The summed E-state index contributed by atoms with van der Waals surface area (Å²) in [5, 5.41) is 0. The van der Waals surface area contributed by atoms with E-state index in [0.29, 0.717) is 19.8 Å². The van der Waals surface area contributed by atoms with Crippen LogP contribution in [0.15, 0.2) is 24.3 Å². The van der Waals surface area contributed by atoms with E-state index in [9.17, 15) is 0 Å². The molecule has 1 aromatic rings. The Morgan fingerprint density at radius 1 is 1.18 bits per heavy atom. The molecule has 0 fully saturated rings. The van der Waals surface area contributed by atoms with Gasteiger partial charge in [-0.1, -0.05) is 18.2 Å². The average molecular weight is 239 g/mol. The van der Waals surface area contributed by atoms with E-state index in [2.05, 4.69) is 0 Å². The van der Waals surface area contributed by atoms with Crippen molar-refractivity contribution in [3.05, 3.63) is 29.8 Å². The molecule has 0 spiro atoms. The third-order valence-corrected chi connectivity index (χ3v) is 2.47. The molecule has 0 aliphatic heterocycles. The molecule has 1 atom stereocenters. The minimum absolute atomic E-state index is 0.159. The third-order valence-electron chi connectivity index (χ3n) is 2.47. The molecule has 0 radical (unpaired) electrons. The number of rotatable bonds is 8. The number of methoxy groups -OCH3 is 2. The van der Waals surface area contributed by atoms with Gasteiger partial charge in [-0.25, -0.2) is 0 Å². The summed E-state index contributed by atoms with van der Waals surface area (Å²) < 4.78 is 15.7. The summed E-state index contributed by atoms with van der Waals surface area (Å²) >= 11 is 0. The molecule has 0 amide bonds. The van der Waals surface area contributed by atoms with Gasteiger partial charge in [0.05, 0.1) is 19.8 Å². The SMILES string of the molecule is COCCCOCC(N)c1ccccc1OC. The van der Waals surface area contributed by atoms with Gasteiger partial charge in [0.25, 0.3) is 0 Å². The molecule has 0 saturated heterocycles. The van der Waals surface area contributed by atoms with Crippen molar-refractivity contribution < 1.29 is 14.2 Å². The lowest BCUT2D eigenvalue weighted by atomic mass is 10.1. The summed E-state index contributed by atoms with van der Waals surface area (Å²) in [6.07, 6.45) is 0.884. The first-order valence-electron chi connectivity index (χ1n) is 5.74. The standard InChI is InChI=1S/C13H21NO3/c1-15-8-5-9-17-10-12(14)11-6-3-4-7-13(11)16-2/h3-4,6-7,12H,5,8-10,14H2,1-2H3. The average Bonchev–Trinajstić information content (AvgIpc) is 2.38. The summed E-state index contributed by atoms with van der Waals surface area (Å²) in [6, 6.07) is 7.58. The van der Waals surface area contributed by atoms with E-state index in [1.165, 1.54) is 0 Å². The van der Waals surface area contributed by atoms with Gasteiger partial charge in [0.2, 0.25) is 0 Å². The maximum atomic E-state index is 6.05. The Bertz CT molecular complexity index is 317. The van der Waals surface area contributed by atoms with Crippen LogP contribution < -0.4 is 10.5 Å². The molecule has 2 N–H and O–H groups in total. The Morgan fingerprint density at radius 3 is 2.65 bits per heavy atom. The van der Waals surface area contributed by atoms with Crippen molar-refractivity contribution in [2.24, 2.45) is 5.73 Å². The van der Waals surface area contributed by atoms with Crippen molar-refractivity contribution in [3.63, 3.8) is 0 Å². The van der Waals surface area contributed by atoms with Gasteiger partial charge in [-0.3, -0.25) is 0 Å².